The highest BCUT2D eigenvalue weighted by Gasteiger charge is 2.45. The van der Waals surface area contributed by atoms with Gasteiger partial charge in [0, 0.05) is 5.56 Å². The summed E-state index contributed by atoms with van der Waals surface area (Å²) in [5.41, 5.74) is 0.508. The van der Waals surface area contributed by atoms with Gasteiger partial charge in [-0.1, -0.05) is 32.0 Å². The molecule has 0 bridgehead atoms. The number of hydrogen-bond acceptors (Lipinski definition) is 3. The first-order valence-electron chi connectivity index (χ1n) is 6.71. The summed E-state index contributed by atoms with van der Waals surface area (Å²) in [6.07, 6.45) is -0.496. The fourth-order valence-electron chi connectivity index (χ4n) is 2.97. The Balaban J connectivity index is 2.42. The molecule has 2 unspecified atom stereocenters. The van der Waals surface area contributed by atoms with Gasteiger partial charge in [-0.05, 0) is 33.0 Å². The minimum atomic E-state index is -0.496. The van der Waals surface area contributed by atoms with Gasteiger partial charge in [0.05, 0.1) is 6.04 Å². The molecule has 18 heavy (non-hydrogen) atoms. The monoisotopic (exact) mass is 249 g/mol. The molecular weight excluding hydrogens is 226 g/mol. The molecule has 1 aliphatic rings. The van der Waals surface area contributed by atoms with Gasteiger partial charge in [0.1, 0.15) is 17.5 Å². The standard InChI is InChI=1S/C15H23NO2/c1-5-16(6-2)14-13(17)11-9-7-8-10-12(11)18-15(14,3)4/h7-10,13-14,17H,5-6H2,1-4H3. The molecule has 1 N–H and O–H groups in total. The van der Waals surface area contributed by atoms with Crippen molar-refractivity contribution in [2.24, 2.45) is 0 Å². The van der Waals surface area contributed by atoms with Gasteiger partial charge < -0.3 is 9.84 Å². The van der Waals surface area contributed by atoms with Gasteiger partial charge in [-0.25, -0.2) is 0 Å². The first-order chi connectivity index (χ1) is 8.51. The molecule has 0 fully saturated rings. The Labute approximate surface area is 109 Å². The van der Waals surface area contributed by atoms with Crippen molar-refractivity contribution in [3.63, 3.8) is 0 Å². The van der Waals surface area contributed by atoms with Crippen LogP contribution in [0.3, 0.4) is 0 Å². The van der Waals surface area contributed by atoms with Crippen molar-refractivity contribution in [2.45, 2.75) is 45.4 Å². The molecule has 1 aromatic carbocycles. The second-order valence-electron chi connectivity index (χ2n) is 5.35. The number of aliphatic hydroxyl groups excluding tert-OH is 1. The number of para-hydroxylation sites is 1. The zero-order valence-electron chi connectivity index (χ0n) is 11.7. The molecule has 1 aliphatic heterocycles. The lowest BCUT2D eigenvalue weighted by Crippen LogP contribution is -2.57. The van der Waals surface area contributed by atoms with Gasteiger partial charge in [0.15, 0.2) is 0 Å². The van der Waals surface area contributed by atoms with Crippen molar-refractivity contribution in [2.75, 3.05) is 13.1 Å². The van der Waals surface area contributed by atoms with E-state index in [1.54, 1.807) is 0 Å². The molecule has 0 aliphatic carbocycles. The van der Waals surface area contributed by atoms with Crippen LogP contribution in [0.1, 0.15) is 39.4 Å². The van der Waals surface area contributed by atoms with E-state index in [1.807, 2.05) is 24.3 Å². The van der Waals surface area contributed by atoms with Crippen molar-refractivity contribution in [3.05, 3.63) is 29.8 Å². The molecule has 0 saturated heterocycles. The van der Waals surface area contributed by atoms with Crippen molar-refractivity contribution in [1.29, 1.82) is 0 Å². The SMILES string of the molecule is CCN(CC)C1C(O)c2ccccc2OC1(C)C. The molecule has 0 aromatic heterocycles. The number of aliphatic hydroxyl groups is 1. The fraction of sp³-hybridized carbons (Fsp3) is 0.600. The van der Waals surface area contributed by atoms with Crippen LogP contribution in [-0.4, -0.2) is 34.7 Å². The minimum absolute atomic E-state index is 0.0117. The van der Waals surface area contributed by atoms with Crippen molar-refractivity contribution < 1.29 is 9.84 Å². The summed E-state index contributed by atoms with van der Waals surface area (Å²) in [6.45, 7) is 10.2. The Hall–Kier alpha value is -1.06. The van der Waals surface area contributed by atoms with Gasteiger partial charge in [-0.3, -0.25) is 4.90 Å². The zero-order valence-corrected chi connectivity index (χ0v) is 11.7. The molecular formula is C15H23NO2. The number of hydrogen-bond donors (Lipinski definition) is 1. The van der Waals surface area contributed by atoms with Crippen LogP contribution in [-0.2, 0) is 0 Å². The van der Waals surface area contributed by atoms with Gasteiger partial charge in [0.2, 0.25) is 0 Å². The van der Waals surface area contributed by atoms with Crippen molar-refractivity contribution in [3.8, 4) is 5.75 Å². The second-order valence-corrected chi connectivity index (χ2v) is 5.35. The Morgan fingerprint density at radius 3 is 2.44 bits per heavy atom. The molecule has 2 rings (SSSR count). The maximum atomic E-state index is 10.7. The first kappa shape index (κ1) is 13.4. The van der Waals surface area contributed by atoms with Crippen LogP contribution in [0.4, 0.5) is 0 Å². The van der Waals surface area contributed by atoms with Gasteiger partial charge in [-0.2, -0.15) is 0 Å². The molecule has 1 heterocycles. The van der Waals surface area contributed by atoms with Crippen LogP contribution in [0, 0.1) is 0 Å². The average molecular weight is 249 g/mol. The first-order valence-corrected chi connectivity index (χ1v) is 6.71. The van der Waals surface area contributed by atoms with E-state index in [9.17, 15) is 5.11 Å². The van der Waals surface area contributed by atoms with Gasteiger partial charge in [-0.15, -0.1) is 0 Å². The summed E-state index contributed by atoms with van der Waals surface area (Å²) in [6, 6.07) is 7.76. The third-order valence-corrected chi connectivity index (χ3v) is 3.83. The van der Waals surface area contributed by atoms with Crippen LogP contribution >= 0.6 is 0 Å². The Morgan fingerprint density at radius 2 is 1.83 bits per heavy atom. The topological polar surface area (TPSA) is 32.7 Å². The zero-order chi connectivity index (χ0) is 13.3. The quantitative estimate of drug-likeness (QED) is 0.893. The molecule has 0 spiro atoms. The summed E-state index contributed by atoms with van der Waals surface area (Å²) in [5, 5.41) is 10.7. The largest absolute Gasteiger partial charge is 0.486 e. The average Bonchev–Trinajstić information content (AvgIpc) is 2.33. The highest BCUT2D eigenvalue weighted by atomic mass is 16.5. The smallest absolute Gasteiger partial charge is 0.126 e. The molecule has 2 atom stereocenters. The van der Waals surface area contributed by atoms with E-state index in [2.05, 4.69) is 32.6 Å². The maximum absolute atomic E-state index is 10.7. The number of ether oxygens (including phenoxy) is 1. The number of nitrogens with zero attached hydrogens (tertiary/aromatic N) is 1. The van der Waals surface area contributed by atoms with Crippen LogP contribution in [0.2, 0.25) is 0 Å². The van der Waals surface area contributed by atoms with Crippen LogP contribution in [0.15, 0.2) is 24.3 Å². The number of fused-ring (bicyclic) bond motifs is 1. The number of rotatable bonds is 3. The molecule has 0 amide bonds. The van der Waals surface area contributed by atoms with Gasteiger partial charge >= 0.3 is 0 Å². The predicted octanol–water partition coefficient (Wildman–Crippen LogP) is 2.60. The van der Waals surface area contributed by atoms with Crippen LogP contribution in [0.5, 0.6) is 5.75 Å². The van der Waals surface area contributed by atoms with E-state index in [4.69, 9.17) is 4.74 Å². The fourth-order valence-corrected chi connectivity index (χ4v) is 2.97. The number of benzene rings is 1. The van der Waals surface area contributed by atoms with Crippen LogP contribution in [0.25, 0.3) is 0 Å². The van der Waals surface area contributed by atoms with E-state index in [0.29, 0.717) is 0 Å². The molecule has 0 saturated carbocycles. The van der Waals surface area contributed by atoms with E-state index in [-0.39, 0.29) is 11.6 Å². The van der Waals surface area contributed by atoms with E-state index < -0.39 is 6.10 Å². The second kappa shape index (κ2) is 4.90. The van der Waals surface area contributed by atoms with Crippen molar-refractivity contribution in [1.82, 2.24) is 4.90 Å². The Morgan fingerprint density at radius 1 is 1.22 bits per heavy atom. The van der Waals surface area contributed by atoms with Gasteiger partial charge in [0.25, 0.3) is 0 Å². The highest BCUT2D eigenvalue weighted by Crippen LogP contribution is 2.41. The summed E-state index contributed by atoms with van der Waals surface area (Å²) >= 11 is 0. The predicted molar refractivity (Wildman–Crippen MR) is 72.8 cm³/mol. The molecule has 3 nitrogen and oxygen atoms in total. The molecule has 1 aromatic rings. The third-order valence-electron chi connectivity index (χ3n) is 3.83. The Kier molecular flexibility index (Phi) is 3.64. The molecule has 3 heteroatoms. The third kappa shape index (κ3) is 2.13. The minimum Gasteiger partial charge on any atom is -0.486 e. The van der Waals surface area contributed by atoms with E-state index in [1.165, 1.54) is 0 Å². The maximum Gasteiger partial charge on any atom is 0.126 e. The molecule has 100 valence electrons. The normalized spacial score (nSPS) is 25.7. The van der Waals surface area contributed by atoms with Crippen molar-refractivity contribution >= 4 is 0 Å². The molecule has 0 radical (unpaired) electrons. The number of likely N-dealkylation sites (N-methyl/N-ethyl adjacent to an activating group) is 1. The summed E-state index contributed by atoms with van der Waals surface area (Å²) in [4.78, 5) is 2.26. The highest BCUT2D eigenvalue weighted by molar-refractivity contribution is 5.39. The Bertz CT molecular complexity index is 413. The lowest BCUT2D eigenvalue weighted by atomic mass is 9.85. The van der Waals surface area contributed by atoms with E-state index in [0.717, 1.165) is 24.4 Å². The van der Waals surface area contributed by atoms with Crippen LogP contribution < -0.4 is 4.74 Å². The summed E-state index contributed by atoms with van der Waals surface area (Å²) in [5.74, 6) is 0.804. The lowest BCUT2D eigenvalue weighted by molar-refractivity contribution is -0.0798. The lowest BCUT2D eigenvalue weighted by Gasteiger charge is -2.47. The van der Waals surface area contributed by atoms with E-state index >= 15 is 0 Å². The summed E-state index contributed by atoms with van der Waals surface area (Å²) < 4.78 is 6.09. The summed E-state index contributed by atoms with van der Waals surface area (Å²) in [7, 11) is 0.